The van der Waals surface area contributed by atoms with Crippen LogP contribution < -0.4 is 5.73 Å². The summed E-state index contributed by atoms with van der Waals surface area (Å²) in [6.07, 6.45) is 1.80. The van der Waals surface area contributed by atoms with Gasteiger partial charge >= 0.3 is 0 Å². The lowest BCUT2D eigenvalue weighted by Gasteiger charge is -2.15. The molecule has 1 nitrogen and oxygen atoms in total. The Balaban J connectivity index is 3.01. The molecule has 0 fully saturated rings. The summed E-state index contributed by atoms with van der Waals surface area (Å²) in [5.74, 6) is 0. The van der Waals surface area contributed by atoms with Gasteiger partial charge in [-0.3, -0.25) is 0 Å². The van der Waals surface area contributed by atoms with Gasteiger partial charge in [-0.1, -0.05) is 36.9 Å². The standard InChI is InChI=1S/C14H18FN/c1-5-13(16)10(2)11-6-8-12(9-7-11)14(3,4)15/h5-9H,2,16H2,1,3-4H3/b13-5+. The number of alkyl halides is 1. The molecule has 0 atom stereocenters. The molecule has 0 saturated carbocycles. The van der Waals surface area contributed by atoms with Gasteiger partial charge in [0.2, 0.25) is 0 Å². The van der Waals surface area contributed by atoms with Gasteiger partial charge in [-0.15, -0.1) is 0 Å². The molecule has 0 saturated heterocycles. The summed E-state index contributed by atoms with van der Waals surface area (Å²) in [5, 5.41) is 0. The number of rotatable bonds is 3. The summed E-state index contributed by atoms with van der Waals surface area (Å²) >= 11 is 0. The molecule has 1 rings (SSSR count). The van der Waals surface area contributed by atoms with Gasteiger partial charge in [0.05, 0.1) is 0 Å². The average Bonchev–Trinajstić information content (AvgIpc) is 2.26. The smallest absolute Gasteiger partial charge is 0.130 e. The first-order valence-electron chi connectivity index (χ1n) is 5.27. The van der Waals surface area contributed by atoms with Crippen LogP contribution in [0.2, 0.25) is 0 Å². The molecule has 0 amide bonds. The van der Waals surface area contributed by atoms with E-state index in [4.69, 9.17) is 5.73 Å². The van der Waals surface area contributed by atoms with Crippen LogP contribution in [0.5, 0.6) is 0 Å². The Morgan fingerprint density at radius 3 is 2.19 bits per heavy atom. The number of hydrogen-bond acceptors (Lipinski definition) is 1. The van der Waals surface area contributed by atoms with E-state index in [-0.39, 0.29) is 0 Å². The summed E-state index contributed by atoms with van der Waals surface area (Å²) in [6.45, 7) is 8.84. The second-order valence-electron chi connectivity index (χ2n) is 4.27. The lowest BCUT2D eigenvalue weighted by atomic mass is 9.96. The van der Waals surface area contributed by atoms with Crippen molar-refractivity contribution in [3.05, 3.63) is 53.7 Å². The van der Waals surface area contributed by atoms with Crippen LogP contribution in [0.1, 0.15) is 31.9 Å². The van der Waals surface area contributed by atoms with Crippen molar-refractivity contribution in [3.8, 4) is 0 Å². The van der Waals surface area contributed by atoms with Crippen LogP contribution in [0.3, 0.4) is 0 Å². The van der Waals surface area contributed by atoms with Crippen molar-refractivity contribution in [3.63, 3.8) is 0 Å². The number of allylic oxidation sites excluding steroid dienone is 2. The predicted molar refractivity (Wildman–Crippen MR) is 67.6 cm³/mol. The fourth-order valence-electron chi connectivity index (χ4n) is 1.41. The minimum Gasteiger partial charge on any atom is -0.399 e. The molecule has 2 N–H and O–H groups in total. The molecule has 0 aliphatic carbocycles. The molecule has 0 aliphatic heterocycles. The highest BCUT2D eigenvalue weighted by molar-refractivity contribution is 5.76. The van der Waals surface area contributed by atoms with Gasteiger partial charge in [-0.2, -0.15) is 0 Å². The molecule has 1 aromatic carbocycles. The quantitative estimate of drug-likeness (QED) is 0.769. The van der Waals surface area contributed by atoms with Crippen LogP contribution in [-0.2, 0) is 5.67 Å². The monoisotopic (exact) mass is 219 g/mol. The van der Waals surface area contributed by atoms with Crippen LogP contribution in [0, 0.1) is 0 Å². The first kappa shape index (κ1) is 12.5. The zero-order chi connectivity index (χ0) is 12.3. The number of halogens is 1. The Morgan fingerprint density at radius 1 is 1.31 bits per heavy atom. The summed E-state index contributed by atoms with van der Waals surface area (Å²) in [5.41, 5.74) is 7.44. The van der Waals surface area contributed by atoms with Crippen LogP contribution >= 0.6 is 0 Å². The molecule has 0 radical (unpaired) electrons. The lowest BCUT2D eigenvalue weighted by molar-refractivity contribution is 0.221. The third-order valence-corrected chi connectivity index (χ3v) is 2.58. The van der Waals surface area contributed by atoms with E-state index in [9.17, 15) is 4.39 Å². The first-order valence-corrected chi connectivity index (χ1v) is 5.27. The Hall–Kier alpha value is -1.57. The van der Waals surface area contributed by atoms with Crippen molar-refractivity contribution < 1.29 is 4.39 Å². The van der Waals surface area contributed by atoms with Crippen molar-refractivity contribution in [2.24, 2.45) is 5.73 Å². The van der Waals surface area contributed by atoms with E-state index in [0.717, 1.165) is 11.1 Å². The fourth-order valence-corrected chi connectivity index (χ4v) is 1.41. The van der Waals surface area contributed by atoms with Crippen LogP contribution in [0.4, 0.5) is 4.39 Å². The van der Waals surface area contributed by atoms with Crippen LogP contribution in [0.15, 0.2) is 42.6 Å². The van der Waals surface area contributed by atoms with E-state index in [0.29, 0.717) is 11.3 Å². The van der Waals surface area contributed by atoms with Crippen molar-refractivity contribution in [1.29, 1.82) is 0 Å². The highest BCUT2D eigenvalue weighted by atomic mass is 19.1. The summed E-state index contributed by atoms with van der Waals surface area (Å²) in [4.78, 5) is 0. The van der Waals surface area contributed by atoms with Gasteiger partial charge in [-0.05, 0) is 37.5 Å². The lowest BCUT2D eigenvalue weighted by Crippen LogP contribution is -2.08. The maximum Gasteiger partial charge on any atom is 0.130 e. The third kappa shape index (κ3) is 2.72. The van der Waals surface area contributed by atoms with E-state index in [1.54, 1.807) is 18.2 Å². The molecular formula is C14H18FN. The van der Waals surface area contributed by atoms with E-state index < -0.39 is 5.67 Å². The van der Waals surface area contributed by atoms with Crippen molar-refractivity contribution >= 4 is 5.57 Å². The molecule has 0 aromatic heterocycles. The van der Waals surface area contributed by atoms with Crippen molar-refractivity contribution in [2.45, 2.75) is 26.4 Å². The van der Waals surface area contributed by atoms with Crippen LogP contribution in [-0.4, -0.2) is 0 Å². The molecule has 0 aliphatic rings. The van der Waals surface area contributed by atoms with E-state index >= 15 is 0 Å². The SMILES string of the molecule is C=C(/C(N)=C\C)c1ccc(C(C)(C)F)cc1. The number of nitrogens with two attached hydrogens (primary N) is 1. The van der Waals surface area contributed by atoms with Gasteiger partial charge in [0.1, 0.15) is 5.67 Å². The molecule has 0 spiro atoms. The zero-order valence-electron chi connectivity index (χ0n) is 10.0. The molecular weight excluding hydrogens is 201 g/mol. The molecule has 0 bridgehead atoms. The molecule has 0 unspecified atom stereocenters. The third-order valence-electron chi connectivity index (χ3n) is 2.58. The summed E-state index contributed by atoms with van der Waals surface area (Å²) < 4.78 is 13.6. The van der Waals surface area contributed by atoms with Gasteiger partial charge in [0, 0.05) is 5.70 Å². The van der Waals surface area contributed by atoms with Gasteiger partial charge in [-0.25, -0.2) is 4.39 Å². The highest BCUT2D eigenvalue weighted by Gasteiger charge is 2.18. The highest BCUT2D eigenvalue weighted by Crippen LogP contribution is 2.26. The van der Waals surface area contributed by atoms with Gasteiger partial charge in [0.15, 0.2) is 0 Å². The number of benzene rings is 1. The second-order valence-corrected chi connectivity index (χ2v) is 4.27. The molecule has 0 heterocycles. The van der Waals surface area contributed by atoms with Crippen molar-refractivity contribution in [2.75, 3.05) is 0 Å². The Bertz CT molecular complexity index is 407. The zero-order valence-corrected chi connectivity index (χ0v) is 10.0. The normalized spacial score (nSPS) is 12.6. The Morgan fingerprint density at radius 2 is 1.81 bits per heavy atom. The fraction of sp³-hybridized carbons (Fsp3) is 0.286. The topological polar surface area (TPSA) is 26.0 Å². The van der Waals surface area contributed by atoms with Crippen LogP contribution in [0.25, 0.3) is 5.57 Å². The average molecular weight is 219 g/mol. The van der Waals surface area contributed by atoms with E-state index in [1.165, 1.54) is 13.8 Å². The molecule has 86 valence electrons. The summed E-state index contributed by atoms with van der Waals surface area (Å²) in [7, 11) is 0. The minimum atomic E-state index is -1.31. The summed E-state index contributed by atoms with van der Waals surface area (Å²) in [6, 6.07) is 7.22. The maximum absolute atomic E-state index is 13.6. The molecule has 1 aromatic rings. The first-order chi connectivity index (χ1) is 7.36. The van der Waals surface area contributed by atoms with Gasteiger partial charge < -0.3 is 5.73 Å². The van der Waals surface area contributed by atoms with E-state index in [1.807, 2.05) is 19.1 Å². The minimum absolute atomic E-state index is 0.646. The maximum atomic E-state index is 13.6. The van der Waals surface area contributed by atoms with Crippen molar-refractivity contribution in [1.82, 2.24) is 0 Å². The number of hydrogen-bond donors (Lipinski definition) is 1. The molecule has 16 heavy (non-hydrogen) atoms. The predicted octanol–water partition coefficient (Wildman–Crippen LogP) is 3.77. The second kappa shape index (κ2) is 4.52. The molecule has 2 heteroatoms. The Labute approximate surface area is 96.5 Å². The van der Waals surface area contributed by atoms with Gasteiger partial charge in [0.25, 0.3) is 0 Å². The Kier molecular flexibility index (Phi) is 3.53. The largest absolute Gasteiger partial charge is 0.399 e. The van der Waals surface area contributed by atoms with E-state index in [2.05, 4.69) is 6.58 Å².